The first-order valence-electron chi connectivity index (χ1n) is 4.94. The van der Waals surface area contributed by atoms with Crippen LogP contribution in [0.5, 0.6) is 0 Å². The maximum atomic E-state index is 10.7. The number of carbonyl (C=O) groups excluding carboxylic acids is 3. The number of carboxylic acid groups (broad SMARTS) is 2. The summed E-state index contributed by atoms with van der Waals surface area (Å²) in [7, 11) is 0. The van der Waals surface area contributed by atoms with E-state index in [1.165, 1.54) is 0 Å². The van der Waals surface area contributed by atoms with Gasteiger partial charge in [-0.1, -0.05) is 26.2 Å². The average molecular weight is 228 g/mol. The molecule has 17 heavy (non-hydrogen) atoms. The number of unbranched alkanes of at least 4 members (excludes halogenated alkanes) is 2. The number of rotatable bonds is 8. The Morgan fingerprint density at radius 1 is 1.06 bits per heavy atom. The fourth-order valence-electron chi connectivity index (χ4n) is 1.25. The van der Waals surface area contributed by atoms with Gasteiger partial charge in [0, 0.05) is 18.3 Å². The monoisotopic (exact) mass is 228 g/mol. The molecular weight excluding hydrogens is 214 g/mol. The zero-order valence-electron chi connectivity index (χ0n) is 10.7. The first-order chi connectivity index (χ1) is 6.99. The van der Waals surface area contributed by atoms with Crippen molar-refractivity contribution >= 4 is 17.7 Å². The fourth-order valence-corrected chi connectivity index (χ4v) is 1.25. The van der Waals surface area contributed by atoms with Crippen molar-refractivity contribution in [3.63, 3.8) is 0 Å². The fraction of sp³-hybridized carbons (Fsp3) is 0.700. The van der Waals surface area contributed by atoms with Crippen LogP contribution in [0.1, 0.15) is 39.0 Å². The van der Waals surface area contributed by atoms with E-state index in [-0.39, 0.29) is 44.1 Å². The van der Waals surface area contributed by atoms with E-state index in [2.05, 4.69) is 0 Å². The van der Waals surface area contributed by atoms with Crippen LogP contribution in [-0.2, 0) is 14.4 Å². The molecule has 0 aromatic carbocycles. The van der Waals surface area contributed by atoms with E-state index in [4.69, 9.17) is 0 Å². The second-order valence-electron chi connectivity index (χ2n) is 3.43. The van der Waals surface area contributed by atoms with Crippen LogP contribution in [-0.4, -0.2) is 17.7 Å². The second-order valence-corrected chi connectivity index (χ2v) is 3.43. The summed E-state index contributed by atoms with van der Waals surface area (Å²) in [4.78, 5) is 31.4. The SMILES string of the molecule is CCCCCC(CC(=O)C(=O)[O-])C(=O)[O-].[Li+].[Li+]. The summed E-state index contributed by atoms with van der Waals surface area (Å²) in [6.07, 6.45) is 2.16. The molecule has 0 saturated carbocycles. The summed E-state index contributed by atoms with van der Waals surface area (Å²) in [6.45, 7) is 1.96. The standard InChI is InChI=1S/C10H16O5.2Li/c1-2-3-4-5-7(9(12)13)6-8(11)10(14)15;;/h7H,2-6H2,1H3,(H,12,13)(H,14,15);;/q;2*+1/p-2. The van der Waals surface area contributed by atoms with Crippen molar-refractivity contribution < 1.29 is 62.3 Å². The molecule has 5 nitrogen and oxygen atoms in total. The van der Waals surface area contributed by atoms with Crippen LogP contribution >= 0.6 is 0 Å². The van der Waals surface area contributed by atoms with Crippen LogP contribution in [0.2, 0.25) is 0 Å². The van der Waals surface area contributed by atoms with Gasteiger partial charge in [-0.25, -0.2) is 0 Å². The number of hydrogen-bond donors (Lipinski definition) is 0. The Morgan fingerprint density at radius 3 is 1.94 bits per heavy atom. The molecule has 0 N–H and O–H groups in total. The number of aliphatic carboxylic acids is 2. The van der Waals surface area contributed by atoms with E-state index >= 15 is 0 Å². The number of carbonyl (C=O) groups is 3. The summed E-state index contributed by atoms with van der Waals surface area (Å²) in [5.74, 6) is -5.40. The van der Waals surface area contributed by atoms with Gasteiger partial charge in [0.05, 0.1) is 0 Å². The zero-order chi connectivity index (χ0) is 11.8. The van der Waals surface area contributed by atoms with Gasteiger partial charge in [-0.15, -0.1) is 0 Å². The smallest absolute Gasteiger partial charge is 0.550 e. The van der Waals surface area contributed by atoms with E-state index in [0.717, 1.165) is 12.8 Å². The topological polar surface area (TPSA) is 97.3 Å². The number of ketones is 1. The Hall–Kier alpha value is -0.195. The molecule has 7 heteroatoms. The van der Waals surface area contributed by atoms with Crippen LogP contribution in [0, 0.1) is 5.92 Å². The molecule has 1 unspecified atom stereocenters. The maximum Gasteiger partial charge on any atom is 1.00 e. The third-order valence-electron chi connectivity index (χ3n) is 2.15. The number of Topliss-reactive ketones (excluding diaryl/α,β-unsaturated/α-hetero) is 1. The molecule has 0 aromatic rings. The molecule has 0 aliphatic heterocycles. The molecule has 0 spiro atoms. The number of hydrogen-bond acceptors (Lipinski definition) is 5. The molecule has 0 bridgehead atoms. The molecule has 1 atom stereocenters. The van der Waals surface area contributed by atoms with E-state index in [1.807, 2.05) is 6.92 Å². The average Bonchev–Trinajstić information content (AvgIpc) is 2.15. The predicted molar refractivity (Wildman–Crippen MR) is 47.3 cm³/mol. The molecule has 0 aromatic heterocycles. The molecule has 86 valence electrons. The Morgan fingerprint density at radius 2 is 1.59 bits per heavy atom. The summed E-state index contributed by atoms with van der Waals surface area (Å²) < 4.78 is 0. The van der Waals surface area contributed by atoms with Gasteiger partial charge in [0.25, 0.3) is 0 Å². The molecule has 0 aliphatic rings. The van der Waals surface area contributed by atoms with Gasteiger partial charge < -0.3 is 19.8 Å². The minimum Gasteiger partial charge on any atom is -0.550 e. The van der Waals surface area contributed by atoms with Crippen LogP contribution < -0.4 is 47.9 Å². The third kappa shape index (κ3) is 10.7. The van der Waals surface area contributed by atoms with Crippen molar-refractivity contribution in [1.29, 1.82) is 0 Å². The van der Waals surface area contributed by atoms with E-state index < -0.39 is 30.1 Å². The predicted octanol–water partition coefficient (Wildman–Crippen LogP) is -7.35. The van der Waals surface area contributed by atoms with Crippen molar-refractivity contribution in [3.8, 4) is 0 Å². The molecular formula is C10H14Li2O5. The van der Waals surface area contributed by atoms with Gasteiger partial charge in [-0.05, 0) is 6.42 Å². The molecule has 0 fully saturated rings. The molecule has 0 saturated heterocycles. The van der Waals surface area contributed by atoms with Crippen LogP contribution in [0.4, 0.5) is 0 Å². The third-order valence-corrected chi connectivity index (χ3v) is 2.15. The minimum atomic E-state index is -1.84. The van der Waals surface area contributed by atoms with Gasteiger partial charge in [0.1, 0.15) is 5.97 Å². The van der Waals surface area contributed by atoms with Gasteiger partial charge in [-0.2, -0.15) is 0 Å². The van der Waals surface area contributed by atoms with Gasteiger partial charge in [0.15, 0.2) is 5.78 Å². The van der Waals surface area contributed by atoms with Crippen LogP contribution in [0.25, 0.3) is 0 Å². The first kappa shape index (κ1) is 22.0. The zero-order valence-corrected chi connectivity index (χ0v) is 10.7. The van der Waals surface area contributed by atoms with Crippen molar-refractivity contribution in [2.75, 3.05) is 0 Å². The Balaban J connectivity index is -0.000000980. The molecule has 0 rings (SSSR count). The maximum absolute atomic E-state index is 10.7. The van der Waals surface area contributed by atoms with Gasteiger partial charge in [0.2, 0.25) is 0 Å². The van der Waals surface area contributed by atoms with Crippen LogP contribution in [0.15, 0.2) is 0 Å². The summed E-state index contributed by atoms with van der Waals surface area (Å²) in [5, 5.41) is 20.7. The Kier molecular flexibility index (Phi) is 15.9. The minimum absolute atomic E-state index is 0. The summed E-state index contributed by atoms with van der Waals surface area (Å²) >= 11 is 0. The van der Waals surface area contributed by atoms with Gasteiger partial charge in [-0.3, -0.25) is 4.79 Å². The van der Waals surface area contributed by atoms with Crippen molar-refractivity contribution in [2.45, 2.75) is 39.0 Å². The Bertz CT molecular complexity index is 255. The summed E-state index contributed by atoms with van der Waals surface area (Å²) in [6, 6.07) is 0. The van der Waals surface area contributed by atoms with E-state index in [0.29, 0.717) is 6.42 Å². The first-order valence-corrected chi connectivity index (χ1v) is 4.94. The molecule has 0 aliphatic carbocycles. The Labute approximate surface area is 125 Å². The van der Waals surface area contributed by atoms with Crippen LogP contribution in [0.3, 0.4) is 0 Å². The quantitative estimate of drug-likeness (QED) is 0.233. The van der Waals surface area contributed by atoms with E-state index in [1.54, 1.807) is 0 Å². The molecule has 0 amide bonds. The van der Waals surface area contributed by atoms with E-state index in [9.17, 15) is 24.6 Å². The normalized spacial score (nSPS) is 10.6. The van der Waals surface area contributed by atoms with Crippen molar-refractivity contribution in [1.82, 2.24) is 0 Å². The largest absolute Gasteiger partial charge is 1.00 e. The molecule has 0 heterocycles. The number of carboxylic acids is 2. The van der Waals surface area contributed by atoms with Crippen molar-refractivity contribution in [2.24, 2.45) is 5.92 Å². The summed E-state index contributed by atoms with van der Waals surface area (Å²) in [5.41, 5.74) is 0. The van der Waals surface area contributed by atoms with Crippen molar-refractivity contribution in [3.05, 3.63) is 0 Å². The van der Waals surface area contributed by atoms with Gasteiger partial charge >= 0.3 is 37.7 Å². The second kappa shape index (κ2) is 12.3. The molecule has 0 radical (unpaired) electrons.